The molecule has 5 atom stereocenters. The highest BCUT2D eigenvalue weighted by Crippen LogP contribution is 2.42. The third kappa shape index (κ3) is 5.56. The largest absolute Gasteiger partial charge is 0.390 e. The molecule has 1 aromatic carbocycles. The van der Waals surface area contributed by atoms with Crippen molar-refractivity contribution in [2.75, 3.05) is 6.54 Å². The molecule has 1 aromatic rings. The molecule has 0 aromatic heterocycles. The van der Waals surface area contributed by atoms with Crippen molar-refractivity contribution in [2.24, 2.45) is 11.7 Å². The Balaban J connectivity index is 1.61. The molecule has 1 saturated heterocycles. The van der Waals surface area contributed by atoms with Gasteiger partial charge in [-0.2, -0.15) is 0 Å². The molecule has 156 valence electrons. The summed E-state index contributed by atoms with van der Waals surface area (Å²) in [7, 11) is 0. The molecule has 28 heavy (non-hydrogen) atoms. The smallest absolute Gasteiger partial charge is 0.221 e. The molecule has 0 bridgehead atoms. The second-order valence-corrected chi connectivity index (χ2v) is 9.77. The lowest BCUT2D eigenvalue weighted by atomic mass is 10.00. The number of amides is 1. The van der Waals surface area contributed by atoms with Crippen molar-refractivity contribution in [3.8, 4) is 0 Å². The first-order valence-electron chi connectivity index (χ1n) is 10.8. The molecule has 5 nitrogen and oxygen atoms in total. The number of nitrogens with two attached hydrogens (primary N) is 1. The zero-order valence-electron chi connectivity index (χ0n) is 17.6. The van der Waals surface area contributed by atoms with Crippen molar-refractivity contribution in [1.82, 2.24) is 10.2 Å². The van der Waals surface area contributed by atoms with Crippen molar-refractivity contribution in [1.29, 1.82) is 0 Å². The van der Waals surface area contributed by atoms with Crippen molar-refractivity contribution in [2.45, 2.75) is 89.1 Å². The Bertz CT molecular complexity index is 643. The van der Waals surface area contributed by atoms with Gasteiger partial charge in [0.2, 0.25) is 5.91 Å². The van der Waals surface area contributed by atoms with E-state index in [-0.39, 0.29) is 23.5 Å². The van der Waals surface area contributed by atoms with E-state index in [0.717, 1.165) is 12.0 Å². The number of carbonyl (C=O) groups is 1. The molecule has 1 saturated carbocycles. The van der Waals surface area contributed by atoms with Crippen LogP contribution in [0.25, 0.3) is 0 Å². The van der Waals surface area contributed by atoms with Crippen LogP contribution < -0.4 is 11.1 Å². The lowest BCUT2D eigenvalue weighted by Crippen LogP contribution is -2.50. The van der Waals surface area contributed by atoms with Gasteiger partial charge in [0, 0.05) is 36.6 Å². The van der Waals surface area contributed by atoms with Crippen LogP contribution in [0.15, 0.2) is 30.3 Å². The van der Waals surface area contributed by atoms with Crippen molar-refractivity contribution >= 4 is 5.91 Å². The molecule has 3 unspecified atom stereocenters. The van der Waals surface area contributed by atoms with E-state index in [4.69, 9.17) is 5.73 Å². The molecule has 0 spiro atoms. The number of aliphatic hydroxyl groups is 1. The summed E-state index contributed by atoms with van der Waals surface area (Å²) in [5, 5.41) is 13.9. The molecule has 5 heteroatoms. The first-order valence-corrected chi connectivity index (χ1v) is 10.8. The molecule has 2 aliphatic rings. The summed E-state index contributed by atoms with van der Waals surface area (Å²) in [6.07, 6.45) is 5.30. The summed E-state index contributed by atoms with van der Waals surface area (Å²) >= 11 is 0. The number of carbonyl (C=O) groups excluding carboxylic acids is 1. The second kappa shape index (κ2) is 8.93. The zero-order chi connectivity index (χ0) is 20.3. The summed E-state index contributed by atoms with van der Waals surface area (Å²) in [5.41, 5.74) is 7.27. The predicted molar refractivity (Wildman–Crippen MR) is 113 cm³/mol. The van der Waals surface area contributed by atoms with Gasteiger partial charge >= 0.3 is 0 Å². The topological polar surface area (TPSA) is 78.6 Å². The molecular formula is C23H37N3O2. The van der Waals surface area contributed by atoms with E-state index in [1.165, 1.54) is 19.3 Å². The molecule has 1 amide bonds. The highest BCUT2D eigenvalue weighted by atomic mass is 16.3. The van der Waals surface area contributed by atoms with Crippen LogP contribution in [0.5, 0.6) is 0 Å². The SMILES string of the molecule is CC(C)(C)NC(=O)CC1CC2CCCC2N1C[C@@H](O)[C@@H](N)Cc1ccccc1. The Labute approximate surface area is 169 Å². The fraction of sp³-hybridized carbons (Fsp3) is 0.696. The number of fused-ring (bicyclic) bond motifs is 1. The second-order valence-electron chi connectivity index (χ2n) is 9.77. The van der Waals surface area contributed by atoms with E-state index in [1.54, 1.807) is 0 Å². The number of benzene rings is 1. The summed E-state index contributed by atoms with van der Waals surface area (Å²) in [5.74, 6) is 0.760. The maximum Gasteiger partial charge on any atom is 0.221 e. The average Bonchev–Trinajstić information content (AvgIpc) is 3.17. The molecular weight excluding hydrogens is 350 g/mol. The average molecular weight is 388 g/mol. The maximum absolute atomic E-state index is 12.5. The third-order valence-electron chi connectivity index (χ3n) is 6.23. The Morgan fingerprint density at radius 2 is 2.00 bits per heavy atom. The van der Waals surface area contributed by atoms with Crippen molar-refractivity contribution in [3.63, 3.8) is 0 Å². The van der Waals surface area contributed by atoms with E-state index in [9.17, 15) is 9.90 Å². The van der Waals surface area contributed by atoms with Crippen LogP contribution in [0.2, 0.25) is 0 Å². The van der Waals surface area contributed by atoms with Gasteiger partial charge in [-0.15, -0.1) is 0 Å². The number of β-amino-alcohol motifs (C(OH)–C–C–N with tert-alkyl or cyclic N) is 1. The number of nitrogens with zero attached hydrogens (tertiary/aromatic N) is 1. The van der Waals surface area contributed by atoms with Crippen molar-refractivity contribution in [3.05, 3.63) is 35.9 Å². The predicted octanol–water partition coefficient (Wildman–Crippen LogP) is 2.47. The summed E-state index contributed by atoms with van der Waals surface area (Å²) in [6, 6.07) is 10.5. The number of rotatable bonds is 7. The number of hydrogen-bond donors (Lipinski definition) is 3. The fourth-order valence-electron chi connectivity index (χ4n) is 5.03. The van der Waals surface area contributed by atoms with Gasteiger partial charge in [-0.3, -0.25) is 9.69 Å². The number of aliphatic hydroxyl groups excluding tert-OH is 1. The molecule has 3 rings (SSSR count). The third-order valence-corrected chi connectivity index (χ3v) is 6.23. The monoisotopic (exact) mass is 387 g/mol. The Hall–Kier alpha value is -1.43. The van der Waals surface area contributed by atoms with E-state index in [1.807, 2.05) is 39.0 Å². The Morgan fingerprint density at radius 3 is 2.68 bits per heavy atom. The minimum atomic E-state index is -0.590. The quantitative estimate of drug-likeness (QED) is 0.672. The minimum absolute atomic E-state index is 0.102. The van der Waals surface area contributed by atoms with Crippen LogP contribution in [0.4, 0.5) is 0 Å². The summed E-state index contributed by atoms with van der Waals surface area (Å²) < 4.78 is 0. The first kappa shape index (κ1) is 21.3. The van der Waals surface area contributed by atoms with Gasteiger partial charge in [-0.05, 0) is 57.9 Å². The van der Waals surface area contributed by atoms with Crippen LogP contribution in [0, 0.1) is 5.92 Å². The number of hydrogen-bond acceptors (Lipinski definition) is 4. The van der Waals surface area contributed by atoms with Gasteiger partial charge in [0.05, 0.1) is 6.10 Å². The van der Waals surface area contributed by atoms with Gasteiger partial charge in [0.1, 0.15) is 0 Å². The van der Waals surface area contributed by atoms with E-state index < -0.39 is 6.10 Å². The normalized spacial score (nSPS) is 27.4. The van der Waals surface area contributed by atoms with Crippen LogP contribution in [-0.4, -0.2) is 52.2 Å². The first-order chi connectivity index (χ1) is 13.2. The lowest BCUT2D eigenvalue weighted by molar-refractivity contribution is -0.123. The highest BCUT2D eigenvalue weighted by Gasteiger charge is 2.44. The minimum Gasteiger partial charge on any atom is -0.390 e. The number of nitrogens with one attached hydrogen (secondary N) is 1. The van der Waals surface area contributed by atoms with Gasteiger partial charge in [0.25, 0.3) is 0 Å². The summed E-state index contributed by atoms with van der Waals surface area (Å²) in [4.78, 5) is 14.9. The van der Waals surface area contributed by atoms with Crippen LogP contribution in [0.1, 0.15) is 58.4 Å². The fourth-order valence-corrected chi connectivity index (χ4v) is 5.03. The maximum atomic E-state index is 12.5. The van der Waals surface area contributed by atoms with Gasteiger partial charge in [-0.25, -0.2) is 0 Å². The number of likely N-dealkylation sites (tertiary alicyclic amines) is 1. The molecule has 4 N–H and O–H groups in total. The molecule has 2 fully saturated rings. The Kier molecular flexibility index (Phi) is 6.79. The molecule has 1 heterocycles. The van der Waals surface area contributed by atoms with Gasteiger partial charge < -0.3 is 16.2 Å². The standard InChI is InChI=1S/C23H37N3O2/c1-23(2,3)25-22(28)14-18-13-17-10-7-11-20(17)26(18)15-21(27)19(24)12-16-8-5-4-6-9-16/h4-6,8-9,17-21,27H,7,10-15,24H2,1-3H3,(H,25,28)/t17?,18?,19-,20?,21+/m0/s1. The van der Waals surface area contributed by atoms with E-state index in [2.05, 4.69) is 22.3 Å². The molecule has 1 aliphatic carbocycles. The van der Waals surface area contributed by atoms with E-state index in [0.29, 0.717) is 31.3 Å². The molecule has 1 aliphatic heterocycles. The Morgan fingerprint density at radius 1 is 1.29 bits per heavy atom. The highest BCUT2D eigenvalue weighted by molar-refractivity contribution is 5.77. The van der Waals surface area contributed by atoms with Crippen LogP contribution in [0.3, 0.4) is 0 Å². The summed E-state index contributed by atoms with van der Waals surface area (Å²) in [6.45, 7) is 6.60. The molecule has 0 radical (unpaired) electrons. The lowest BCUT2D eigenvalue weighted by Gasteiger charge is -2.33. The zero-order valence-corrected chi connectivity index (χ0v) is 17.6. The van der Waals surface area contributed by atoms with Gasteiger partial charge in [-0.1, -0.05) is 36.8 Å². The van der Waals surface area contributed by atoms with Crippen LogP contribution >= 0.6 is 0 Å². The van der Waals surface area contributed by atoms with Gasteiger partial charge in [0.15, 0.2) is 0 Å². The van der Waals surface area contributed by atoms with E-state index >= 15 is 0 Å². The van der Waals surface area contributed by atoms with Crippen LogP contribution in [-0.2, 0) is 11.2 Å². The van der Waals surface area contributed by atoms with Crippen molar-refractivity contribution < 1.29 is 9.90 Å².